The molecule has 0 saturated carbocycles. The van der Waals surface area contributed by atoms with Crippen LogP contribution in [0.3, 0.4) is 0 Å². The van der Waals surface area contributed by atoms with Crippen molar-refractivity contribution >= 4 is 16.9 Å². The molecule has 3 aromatic rings. The summed E-state index contributed by atoms with van der Waals surface area (Å²) in [7, 11) is 0. The number of hydrogen-bond acceptors (Lipinski definition) is 3. The Labute approximate surface area is 71.6 Å². The van der Waals surface area contributed by atoms with Gasteiger partial charge in [0.2, 0.25) is 0 Å². The molecule has 0 unspecified atom stereocenters. The topological polar surface area (TPSA) is 63.3 Å². The molecule has 0 aliphatic heterocycles. The van der Waals surface area contributed by atoms with Crippen LogP contribution in [0.4, 0.5) is 0 Å². The fourth-order valence-corrected chi connectivity index (χ4v) is 1.39. The average Bonchev–Trinajstić information content (AvgIpc) is 2.66. The molecule has 0 aliphatic carbocycles. The van der Waals surface area contributed by atoms with Gasteiger partial charge in [-0.2, -0.15) is 0 Å². The van der Waals surface area contributed by atoms with Gasteiger partial charge in [-0.25, -0.2) is 14.3 Å². The highest BCUT2D eigenvalue weighted by molar-refractivity contribution is 5.75. The van der Waals surface area contributed by atoms with Gasteiger partial charge in [-0.15, -0.1) is 5.10 Å². The summed E-state index contributed by atoms with van der Waals surface area (Å²) in [5.74, 6) is 0.297. The first-order valence-electron chi connectivity index (χ1n) is 3.81. The minimum atomic E-state index is -0.278. The van der Waals surface area contributed by atoms with Gasteiger partial charge in [-0.3, -0.25) is 0 Å². The van der Waals surface area contributed by atoms with E-state index in [0.29, 0.717) is 11.4 Å². The van der Waals surface area contributed by atoms with Crippen molar-refractivity contribution in [2.75, 3.05) is 0 Å². The van der Waals surface area contributed by atoms with Crippen molar-refractivity contribution in [2.45, 2.75) is 0 Å². The zero-order valence-corrected chi connectivity index (χ0v) is 6.52. The number of aromatic nitrogens is 3. The van der Waals surface area contributed by atoms with Gasteiger partial charge < -0.3 is 4.42 Å². The van der Waals surface area contributed by atoms with Crippen molar-refractivity contribution in [3.8, 4) is 0 Å². The van der Waals surface area contributed by atoms with E-state index >= 15 is 0 Å². The molecule has 3 rings (SSSR count). The van der Waals surface area contributed by atoms with Crippen molar-refractivity contribution in [3.05, 3.63) is 34.7 Å². The SMILES string of the molecule is O=c1[nH]nc2oc3ccccc3n12. The Morgan fingerprint density at radius 2 is 2.23 bits per heavy atom. The summed E-state index contributed by atoms with van der Waals surface area (Å²) in [6.07, 6.45) is 0. The number of oxazole rings is 1. The molecule has 0 spiro atoms. The van der Waals surface area contributed by atoms with Gasteiger partial charge in [0.15, 0.2) is 5.58 Å². The number of hydrogen-bond donors (Lipinski definition) is 1. The van der Waals surface area contributed by atoms with Crippen LogP contribution >= 0.6 is 0 Å². The Bertz CT molecular complexity index is 631. The molecule has 2 aromatic heterocycles. The lowest BCUT2D eigenvalue weighted by Gasteiger charge is -1.83. The van der Waals surface area contributed by atoms with E-state index in [1.165, 1.54) is 4.40 Å². The van der Waals surface area contributed by atoms with E-state index in [1.807, 2.05) is 18.2 Å². The van der Waals surface area contributed by atoms with Crippen LogP contribution in [0, 0.1) is 0 Å². The predicted molar refractivity (Wildman–Crippen MR) is 45.6 cm³/mol. The van der Waals surface area contributed by atoms with E-state index in [2.05, 4.69) is 10.2 Å². The standard InChI is InChI=1S/C8H5N3O2/c12-7-9-10-8-11(7)5-3-1-2-4-6(5)13-8/h1-4H,(H,9,12). The molecule has 64 valence electrons. The van der Waals surface area contributed by atoms with Crippen molar-refractivity contribution < 1.29 is 4.42 Å². The van der Waals surface area contributed by atoms with Gasteiger partial charge in [-0.1, -0.05) is 12.1 Å². The molecule has 0 saturated heterocycles. The van der Waals surface area contributed by atoms with Crippen LogP contribution in [-0.2, 0) is 0 Å². The lowest BCUT2D eigenvalue weighted by Crippen LogP contribution is -2.07. The van der Waals surface area contributed by atoms with Gasteiger partial charge in [0.25, 0.3) is 0 Å². The van der Waals surface area contributed by atoms with Gasteiger partial charge in [-0.05, 0) is 12.1 Å². The number of para-hydroxylation sites is 2. The second kappa shape index (κ2) is 2.01. The van der Waals surface area contributed by atoms with E-state index in [0.717, 1.165) is 5.52 Å². The van der Waals surface area contributed by atoms with Gasteiger partial charge in [0.05, 0.1) is 5.52 Å². The summed E-state index contributed by atoms with van der Waals surface area (Å²) in [5, 5.41) is 6.03. The molecule has 0 fully saturated rings. The third-order valence-electron chi connectivity index (χ3n) is 1.95. The first-order chi connectivity index (χ1) is 6.36. The largest absolute Gasteiger partial charge is 0.422 e. The number of benzene rings is 1. The lowest BCUT2D eigenvalue weighted by molar-refractivity contribution is 0.637. The highest BCUT2D eigenvalue weighted by Crippen LogP contribution is 2.15. The summed E-state index contributed by atoms with van der Waals surface area (Å²) in [4.78, 5) is 11.2. The number of rotatable bonds is 0. The first-order valence-corrected chi connectivity index (χ1v) is 3.81. The Hall–Kier alpha value is -2.04. The Morgan fingerprint density at radius 1 is 1.38 bits per heavy atom. The third kappa shape index (κ3) is 0.703. The second-order valence-corrected chi connectivity index (χ2v) is 2.72. The number of H-pyrrole nitrogens is 1. The van der Waals surface area contributed by atoms with E-state index in [-0.39, 0.29) is 5.69 Å². The molecule has 0 aliphatic rings. The fourth-order valence-electron chi connectivity index (χ4n) is 1.39. The number of nitrogens with one attached hydrogen (secondary N) is 1. The zero-order valence-electron chi connectivity index (χ0n) is 6.52. The predicted octanol–water partition coefficient (Wildman–Crippen LogP) is 0.769. The monoisotopic (exact) mass is 175 g/mol. The molecule has 1 N–H and O–H groups in total. The average molecular weight is 175 g/mol. The van der Waals surface area contributed by atoms with E-state index in [4.69, 9.17) is 4.42 Å². The van der Waals surface area contributed by atoms with Crippen molar-refractivity contribution in [2.24, 2.45) is 0 Å². The highest BCUT2D eigenvalue weighted by atomic mass is 16.4. The molecule has 0 atom stereocenters. The summed E-state index contributed by atoms with van der Waals surface area (Å²) in [6, 6.07) is 7.29. The summed E-state index contributed by atoms with van der Waals surface area (Å²) < 4.78 is 6.69. The van der Waals surface area contributed by atoms with E-state index in [9.17, 15) is 4.79 Å². The van der Waals surface area contributed by atoms with Crippen molar-refractivity contribution in [3.63, 3.8) is 0 Å². The maximum Gasteiger partial charge on any atom is 0.350 e. The van der Waals surface area contributed by atoms with Crippen LogP contribution in [0.1, 0.15) is 0 Å². The molecule has 13 heavy (non-hydrogen) atoms. The van der Waals surface area contributed by atoms with E-state index < -0.39 is 0 Å². The van der Waals surface area contributed by atoms with Crippen LogP contribution in [0.15, 0.2) is 33.5 Å². The third-order valence-corrected chi connectivity index (χ3v) is 1.95. The lowest BCUT2D eigenvalue weighted by atomic mass is 10.3. The molecule has 5 nitrogen and oxygen atoms in total. The van der Waals surface area contributed by atoms with Crippen LogP contribution < -0.4 is 5.69 Å². The quantitative estimate of drug-likeness (QED) is 0.548. The maximum absolute atomic E-state index is 11.2. The normalized spacial score (nSPS) is 11.4. The van der Waals surface area contributed by atoms with Gasteiger partial charge in [0.1, 0.15) is 0 Å². The van der Waals surface area contributed by atoms with Crippen molar-refractivity contribution in [1.82, 2.24) is 14.6 Å². The molecule has 0 bridgehead atoms. The second-order valence-electron chi connectivity index (χ2n) is 2.72. The Kier molecular flexibility index (Phi) is 0.999. The smallest absolute Gasteiger partial charge is 0.350 e. The first kappa shape index (κ1) is 6.47. The Morgan fingerprint density at radius 3 is 3.15 bits per heavy atom. The van der Waals surface area contributed by atoms with Crippen LogP contribution in [0.25, 0.3) is 16.9 Å². The zero-order chi connectivity index (χ0) is 8.84. The summed E-state index contributed by atoms with van der Waals surface area (Å²) in [5.41, 5.74) is 1.12. The molecule has 0 amide bonds. The number of aromatic amines is 1. The van der Waals surface area contributed by atoms with Crippen LogP contribution in [0.2, 0.25) is 0 Å². The van der Waals surface area contributed by atoms with Crippen LogP contribution in [0.5, 0.6) is 0 Å². The number of nitrogens with zero attached hydrogens (tertiary/aromatic N) is 2. The van der Waals surface area contributed by atoms with E-state index in [1.54, 1.807) is 6.07 Å². The van der Waals surface area contributed by atoms with Crippen molar-refractivity contribution in [1.29, 1.82) is 0 Å². The molecule has 5 heteroatoms. The molecular weight excluding hydrogens is 170 g/mol. The maximum atomic E-state index is 11.2. The molecule has 0 radical (unpaired) electrons. The minimum Gasteiger partial charge on any atom is -0.422 e. The minimum absolute atomic E-state index is 0.278. The molecular formula is C8H5N3O2. The van der Waals surface area contributed by atoms with Crippen LogP contribution in [-0.4, -0.2) is 14.6 Å². The molecule has 2 heterocycles. The highest BCUT2D eigenvalue weighted by Gasteiger charge is 2.08. The van der Waals surface area contributed by atoms with Gasteiger partial charge in [0, 0.05) is 0 Å². The molecule has 1 aromatic carbocycles. The Balaban J connectivity index is 2.75. The van der Waals surface area contributed by atoms with Gasteiger partial charge >= 0.3 is 11.5 Å². The fraction of sp³-hybridized carbons (Fsp3) is 0. The summed E-state index contributed by atoms with van der Waals surface area (Å²) in [6.45, 7) is 0. The summed E-state index contributed by atoms with van der Waals surface area (Å²) >= 11 is 0. The number of fused-ring (bicyclic) bond motifs is 3.